The van der Waals surface area contributed by atoms with E-state index < -0.39 is 0 Å². The highest BCUT2D eigenvalue weighted by Gasteiger charge is 2.34. The minimum absolute atomic E-state index is 0.0599. The lowest BCUT2D eigenvalue weighted by Gasteiger charge is -2.22. The molecule has 0 N–H and O–H groups in total. The molecule has 1 fully saturated rings. The molecule has 1 aliphatic heterocycles. The van der Waals surface area contributed by atoms with Crippen molar-refractivity contribution in [3.8, 4) is 23.0 Å². The van der Waals surface area contributed by atoms with Crippen molar-refractivity contribution in [3.05, 3.63) is 59.4 Å². The van der Waals surface area contributed by atoms with Crippen molar-refractivity contribution in [2.45, 2.75) is 25.8 Å². The zero-order chi connectivity index (χ0) is 20.4. The minimum atomic E-state index is -0.211. The number of likely N-dealkylation sites (tertiary alicyclic amines) is 1. The van der Waals surface area contributed by atoms with E-state index in [4.69, 9.17) is 14.0 Å². The molecule has 1 atom stereocenters. The Hall–Kier alpha value is -3.35. The Labute approximate surface area is 169 Å². The largest absolute Gasteiger partial charge is 0.497 e. The third-order valence-electron chi connectivity index (χ3n) is 5.30. The lowest BCUT2D eigenvalue weighted by molar-refractivity contribution is 0.0728. The van der Waals surface area contributed by atoms with Gasteiger partial charge < -0.3 is 18.9 Å². The fourth-order valence-corrected chi connectivity index (χ4v) is 3.75. The number of carbonyl (C=O) groups is 1. The first-order valence-electron chi connectivity index (χ1n) is 9.55. The van der Waals surface area contributed by atoms with Crippen LogP contribution in [0.15, 0.2) is 47.0 Å². The number of benzene rings is 2. The molecule has 0 saturated carbocycles. The Morgan fingerprint density at radius 2 is 2.00 bits per heavy atom. The summed E-state index contributed by atoms with van der Waals surface area (Å²) in [5, 5.41) is 4.19. The second kappa shape index (κ2) is 7.95. The van der Waals surface area contributed by atoms with Gasteiger partial charge in [-0.2, -0.15) is 4.98 Å². The molecular formula is C22H23N3O4. The molecule has 1 amide bonds. The molecule has 0 aliphatic carbocycles. The molecule has 1 saturated heterocycles. The molecule has 29 heavy (non-hydrogen) atoms. The van der Waals surface area contributed by atoms with Gasteiger partial charge in [0.2, 0.25) is 0 Å². The van der Waals surface area contributed by atoms with E-state index in [0.717, 1.165) is 29.7 Å². The molecule has 7 nitrogen and oxygen atoms in total. The van der Waals surface area contributed by atoms with Gasteiger partial charge in [-0.15, -0.1) is 0 Å². The fraction of sp³-hybridized carbons (Fsp3) is 0.318. The Morgan fingerprint density at radius 1 is 1.17 bits per heavy atom. The van der Waals surface area contributed by atoms with Crippen molar-refractivity contribution in [1.29, 1.82) is 0 Å². The van der Waals surface area contributed by atoms with Gasteiger partial charge in [-0.3, -0.25) is 4.79 Å². The zero-order valence-corrected chi connectivity index (χ0v) is 16.7. The number of rotatable bonds is 5. The highest BCUT2D eigenvalue weighted by molar-refractivity contribution is 5.95. The number of methoxy groups -OCH3 is 2. The second-order valence-electron chi connectivity index (χ2n) is 6.98. The molecule has 0 radical (unpaired) electrons. The predicted octanol–water partition coefficient (Wildman–Crippen LogP) is 4.04. The molecule has 0 bridgehead atoms. The van der Waals surface area contributed by atoms with Gasteiger partial charge in [0.05, 0.1) is 20.3 Å². The summed E-state index contributed by atoms with van der Waals surface area (Å²) in [4.78, 5) is 19.5. The van der Waals surface area contributed by atoms with Crippen molar-refractivity contribution in [1.82, 2.24) is 15.0 Å². The molecule has 2 aromatic carbocycles. The Balaban J connectivity index is 1.61. The number of ether oxygens (including phenoxy) is 2. The maximum Gasteiger partial charge on any atom is 0.258 e. The lowest BCUT2D eigenvalue weighted by atomic mass is 10.1. The van der Waals surface area contributed by atoms with E-state index in [0.29, 0.717) is 29.6 Å². The molecule has 150 valence electrons. The average Bonchev–Trinajstić information content (AvgIpc) is 3.43. The lowest BCUT2D eigenvalue weighted by Crippen LogP contribution is -2.31. The van der Waals surface area contributed by atoms with E-state index in [9.17, 15) is 4.79 Å². The van der Waals surface area contributed by atoms with Crippen LogP contribution in [-0.2, 0) is 0 Å². The van der Waals surface area contributed by atoms with E-state index >= 15 is 0 Å². The van der Waals surface area contributed by atoms with Crippen LogP contribution in [0.3, 0.4) is 0 Å². The molecule has 4 rings (SSSR count). The summed E-state index contributed by atoms with van der Waals surface area (Å²) in [7, 11) is 3.22. The first kappa shape index (κ1) is 19.0. The number of aromatic nitrogens is 2. The van der Waals surface area contributed by atoms with Crippen LogP contribution in [-0.4, -0.2) is 41.7 Å². The maximum atomic E-state index is 13.1. The first-order chi connectivity index (χ1) is 14.1. The Kier molecular flexibility index (Phi) is 5.20. The monoisotopic (exact) mass is 393 g/mol. The third-order valence-corrected chi connectivity index (χ3v) is 5.30. The SMILES string of the molecule is COc1cccc(C(=O)N2CCCC2c2noc(-c3cccc(OC)c3C)n2)c1. The third kappa shape index (κ3) is 3.55. The summed E-state index contributed by atoms with van der Waals surface area (Å²) in [6.07, 6.45) is 1.69. The average molecular weight is 393 g/mol. The summed E-state index contributed by atoms with van der Waals surface area (Å²) in [6.45, 7) is 2.61. The standard InChI is InChI=1S/C22H23N3O4/c1-14-17(9-5-11-19(14)28-3)21-23-20(24-29-21)18-10-6-12-25(18)22(26)15-7-4-8-16(13-15)27-2/h4-5,7-9,11,13,18H,6,10,12H2,1-3H3. The number of nitrogens with zero attached hydrogens (tertiary/aromatic N) is 3. The van der Waals surface area contributed by atoms with Crippen LogP contribution in [0.5, 0.6) is 11.5 Å². The molecular weight excluding hydrogens is 370 g/mol. The number of amides is 1. The molecule has 7 heteroatoms. The normalized spacial score (nSPS) is 16.1. The zero-order valence-electron chi connectivity index (χ0n) is 16.7. The van der Waals surface area contributed by atoms with Gasteiger partial charge in [-0.25, -0.2) is 0 Å². The van der Waals surface area contributed by atoms with Gasteiger partial charge in [-0.05, 0) is 50.1 Å². The van der Waals surface area contributed by atoms with E-state index in [1.54, 1.807) is 26.4 Å². The van der Waals surface area contributed by atoms with Crippen molar-refractivity contribution in [2.24, 2.45) is 0 Å². The van der Waals surface area contributed by atoms with E-state index in [1.165, 1.54) is 0 Å². The molecule has 1 aliphatic rings. The number of hydrogen-bond donors (Lipinski definition) is 0. The highest BCUT2D eigenvalue weighted by atomic mass is 16.5. The summed E-state index contributed by atoms with van der Waals surface area (Å²) < 4.78 is 16.2. The van der Waals surface area contributed by atoms with E-state index in [1.807, 2.05) is 42.2 Å². The van der Waals surface area contributed by atoms with Gasteiger partial charge in [-0.1, -0.05) is 17.3 Å². The quantitative estimate of drug-likeness (QED) is 0.651. The van der Waals surface area contributed by atoms with Gasteiger partial charge in [0, 0.05) is 23.2 Å². The maximum absolute atomic E-state index is 13.1. The predicted molar refractivity (Wildman–Crippen MR) is 107 cm³/mol. The molecule has 3 aromatic rings. The van der Waals surface area contributed by atoms with Crippen molar-refractivity contribution >= 4 is 5.91 Å². The van der Waals surface area contributed by atoms with Crippen LogP contribution < -0.4 is 9.47 Å². The first-order valence-corrected chi connectivity index (χ1v) is 9.55. The molecule has 1 unspecified atom stereocenters. The highest BCUT2D eigenvalue weighted by Crippen LogP contribution is 2.34. The van der Waals surface area contributed by atoms with Crippen LogP contribution in [0.4, 0.5) is 0 Å². The van der Waals surface area contributed by atoms with Crippen LogP contribution in [0.2, 0.25) is 0 Å². The summed E-state index contributed by atoms with van der Waals surface area (Å²) in [6, 6.07) is 12.7. The smallest absolute Gasteiger partial charge is 0.258 e. The second-order valence-corrected chi connectivity index (χ2v) is 6.98. The molecule has 0 spiro atoms. The Morgan fingerprint density at radius 3 is 2.79 bits per heavy atom. The molecule has 2 heterocycles. The summed E-state index contributed by atoms with van der Waals surface area (Å²) in [5.74, 6) is 2.31. The number of hydrogen-bond acceptors (Lipinski definition) is 6. The summed E-state index contributed by atoms with van der Waals surface area (Å²) in [5.41, 5.74) is 2.34. The van der Waals surface area contributed by atoms with Crippen LogP contribution in [0, 0.1) is 6.92 Å². The van der Waals surface area contributed by atoms with Crippen molar-refractivity contribution in [3.63, 3.8) is 0 Å². The van der Waals surface area contributed by atoms with Gasteiger partial charge in [0.25, 0.3) is 11.8 Å². The van der Waals surface area contributed by atoms with Gasteiger partial charge in [0.15, 0.2) is 5.82 Å². The minimum Gasteiger partial charge on any atom is -0.497 e. The summed E-state index contributed by atoms with van der Waals surface area (Å²) >= 11 is 0. The van der Waals surface area contributed by atoms with Crippen LogP contribution >= 0.6 is 0 Å². The van der Waals surface area contributed by atoms with Crippen LogP contribution in [0.1, 0.15) is 40.6 Å². The molecule has 1 aromatic heterocycles. The van der Waals surface area contributed by atoms with Crippen molar-refractivity contribution in [2.75, 3.05) is 20.8 Å². The number of carbonyl (C=O) groups excluding carboxylic acids is 1. The van der Waals surface area contributed by atoms with E-state index in [2.05, 4.69) is 10.1 Å². The van der Waals surface area contributed by atoms with Crippen LogP contribution in [0.25, 0.3) is 11.5 Å². The van der Waals surface area contributed by atoms with Gasteiger partial charge in [0.1, 0.15) is 11.5 Å². The topological polar surface area (TPSA) is 77.7 Å². The fourth-order valence-electron chi connectivity index (χ4n) is 3.75. The van der Waals surface area contributed by atoms with Crippen molar-refractivity contribution < 1.29 is 18.8 Å². The van der Waals surface area contributed by atoms with E-state index in [-0.39, 0.29) is 11.9 Å². The Bertz CT molecular complexity index is 1030. The van der Waals surface area contributed by atoms with Gasteiger partial charge >= 0.3 is 0 Å².